The molecule has 0 N–H and O–H groups in total. The molecule has 0 atom stereocenters. The zero-order valence-corrected chi connectivity index (χ0v) is 11.9. The summed E-state index contributed by atoms with van der Waals surface area (Å²) in [5, 5.41) is 0. The minimum atomic E-state index is -3.26. The predicted molar refractivity (Wildman–Crippen MR) is 72.1 cm³/mol. The van der Waals surface area contributed by atoms with Crippen molar-refractivity contribution in [3.8, 4) is 0 Å². The number of sulfone groups is 1. The van der Waals surface area contributed by atoms with Crippen LogP contribution in [0, 0.1) is 6.92 Å². The van der Waals surface area contributed by atoms with Crippen molar-refractivity contribution in [2.75, 3.05) is 6.26 Å². The lowest BCUT2D eigenvalue weighted by Gasteiger charge is -2.05. The molecule has 6 heteroatoms. The molecule has 5 nitrogen and oxygen atoms in total. The molecule has 2 aromatic rings. The fraction of sp³-hybridized carbons (Fsp3) is 0.214. The van der Waals surface area contributed by atoms with E-state index in [2.05, 4.69) is 0 Å². The Balaban J connectivity index is 2.05. The van der Waals surface area contributed by atoms with Crippen LogP contribution in [-0.2, 0) is 21.2 Å². The number of hydrogen-bond acceptors (Lipinski definition) is 5. The molecule has 2 rings (SSSR count). The summed E-state index contributed by atoms with van der Waals surface area (Å²) in [5.41, 5.74) is 1.10. The molecule has 1 aromatic heterocycles. The maximum absolute atomic E-state index is 11.8. The molecule has 0 saturated carbocycles. The van der Waals surface area contributed by atoms with Gasteiger partial charge in [0.25, 0.3) is 0 Å². The Labute approximate surface area is 117 Å². The van der Waals surface area contributed by atoms with Crippen LogP contribution in [0.25, 0.3) is 0 Å². The molecule has 0 amide bonds. The van der Waals surface area contributed by atoms with Gasteiger partial charge in [-0.05, 0) is 37.3 Å². The lowest BCUT2D eigenvalue weighted by Crippen LogP contribution is -2.06. The third kappa shape index (κ3) is 3.27. The molecular formula is C14H14O5S. The number of ether oxygens (including phenoxy) is 1. The Hall–Kier alpha value is -2.08. The van der Waals surface area contributed by atoms with Gasteiger partial charge >= 0.3 is 5.97 Å². The third-order valence-corrected chi connectivity index (χ3v) is 3.97. The van der Waals surface area contributed by atoms with E-state index in [-0.39, 0.29) is 11.5 Å². The number of furan rings is 1. The van der Waals surface area contributed by atoms with Gasteiger partial charge in [-0.15, -0.1) is 0 Å². The summed E-state index contributed by atoms with van der Waals surface area (Å²) in [6.45, 7) is 1.90. The van der Waals surface area contributed by atoms with E-state index in [9.17, 15) is 13.2 Å². The molecule has 0 saturated heterocycles. The van der Waals surface area contributed by atoms with E-state index in [0.717, 1.165) is 11.8 Å². The van der Waals surface area contributed by atoms with Crippen molar-refractivity contribution in [1.82, 2.24) is 0 Å². The molecule has 0 unspecified atom stereocenters. The van der Waals surface area contributed by atoms with E-state index in [1.165, 1.54) is 30.5 Å². The summed E-state index contributed by atoms with van der Waals surface area (Å²) in [6, 6.07) is 7.36. The van der Waals surface area contributed by atoms with E-state index >= 15 is 0 Å². The summed E-state index contributed by atoms with van der Waals surface area (Å²) in [6.07, 6.45) is 2.64. The SMILES string of the molecule is Cc1occc1COC(=O)c1ccc(S(C)(=O)=O)cc1. The fourth-order valence-corrected chi connectivity index (χ4v) is 2.26. The van der Waals surface area contributed by atoms with E-state index in [4.69, 9.17) is 9.15 Å². The van der Waals surface area contributed by atoms with E-state index in [1.807, 2.05) is 0 Å². The molecule has 0 radical (unpaired) electrons. The van der Waals surface area contributed by atoms with Crippen LogP contribution < -0.4 is 0 Å². The number of hydrogen-bond donors (Lipinski definition) is 0. The maximum Gasteiger partial charge on any atom is 0.338 e. The summed E-state index contributed by atoms with van der Waals surface area (Å²) in [4.78, 5) is 12.0. The molecular weight excluding hydrogens is 280 g/mol. The second-order valence-electron chi connectivity index (χ2n) is 4.37. The Morgan fingerprint density at radius 2 is 1.85 bits per heavy atom. The molecule has 0 aliphatic carbocycles. The van der Waals surface area contributed by atoms with Crippen LogP contribution in [-0.4, -0.2) is 20.6 Å². The topological polar surface area (TPSA) is 73.6 Å². The lowest BCUT2D eigenvalue weighted by atomic mass is 10.2. The summed E-state index contributed by atoms with van der Waals surface area (Å²) < 4.78 is 32.8. The minimum Gasteiger partial charge on any atom is -0.469 e. The van der Waals surface area contributed by atoms with Gasteiger partial charge in [0.1, 0.15) is 12.4 Å². The molecule has 0 fully saturated rings. The van der Waals surface area contributed by atoms with Crippen LogP contribution in [0.4, 0.5) is 0 Å². The second-order valence-corrected chi connectivity index (χ2v) is 6.39. The van der Waals surface area contributed by atoms with Crippen LogP contribution in [0.2, 0.25) is 0 Å². The first kappa shape index (κ1) is 14.3. The highest BCUT2D eigenvalue weighted by atomic mass is 32.2. The second kappa shape index (κ2) is 5.50. The zero-order chi connectivity index (χ0) is 14.8. The summed E-state index contributed by atoms with van der Waals surface area (Å²) in [7, 11) is -3.26. The molecule has 20 heavy (non-hydrogen) atoms. The number of rotatable bonds is 4. The Morgan fingerprint density at radius 3 is 2.35 bits per heavy atom. The number of aryl methyl sites for hydroxylation is 1. The van der Waals surface area contributed by atoms with Gasteiger partial charge in [-0.2, -0.15) is 0 Å². The average Bonchev–Trinajstić information content (AvgIpc) is 2.81. The van der Waals surface area contributed by atoms with E-state index in [0.29, 0.717) is 11.3 Å². The smallest absolute Gasteiger partial charge is 0.338 e. The molecule has 0 aliphatic rings. The van der Waals surface area contributed by atoms with Gasteiger partial charge in [-0.3, -0.25) is 0 Å². The van der Waals surface area contributed by atoms with Gasteiger partial charge in [-0.1, -0.05) is 0 Å². The van der Waals surface area contributed by atoms with Crippen LogP contribution in [0.3, 0.4) is 0 Å². The van der Waals surface area contributed by atoms with Crippen LogP contribution >= 0.6 is 0 Å². The fourth-order valence-electron chi connectivity index (χ4n) is 1.63. The first-order valence-electron chi connectivity index (χ1n) is 5.88. The van der Waals surface area contributed by atoms with Crippen molar-refractivity contribution in [1.29, 1.82) is 0 Å². The molecule has 0 bridgehead atoms. The number of esters is 1. The number of carbonyl (C=O) groups excluding carboxylic acids is 1. The van der Waals surface area contributed by atoms with Crippen molar-refractivity contribution in [3.63, 3.8) is 0 Å². The largest absolute Gasteiger partial charge is 0.469 e. The molecule has 106 valence electrons. The van der Waals surface area contributed by atoms with Gasteiger partial charge in [0.05, 0.1) is 16.7 Å². The van der Waals surface area contributed by atoms with Gasteiger partial charge < -0.3 is 9.15 Å². The van der Waals surface area contributed by atoms with Gasteiger partial charge in [0.15, 0.2) is 9.84 Å². The van der Waals surface area contributed by atoms with Crippen molar-refractivity contribution >= 4 is 15.8 Å². The van der Waals surface area contributed by atoms with Crippen LogP contribution in [0.1, 0.15) is 21.7 Å². The molecule has 1 heterocycles. The predicted octanol–water partition coefficient (Wildman–Crippen LogP) is 2.35. The maximum atomic E-state index is 11.8. The van der Waals surface area contributed by atoms with Crippen molar-refractivity contribution in [2.45, 2.75) is 18.4 Å². The first-order valence-corrected chi connectivity index (χ1v) is 7.77. The highest BCUT2D eigenvalue weighted by Gasteiger charge is 2.12. The van der Waals surface area contributed by atoms with Crippen molar-refractivity contribution < 1.29 is 22.4 Å². The summed E-state index contributed by atoms with van der Waals surface area (Å²) >= 11 is 0. The summed E-state index contributed by atoms with van der Waals surface area (Å²) in [5.74, 6) is 0.191. The minimum absolute atomic E-state index is 0.120. The Bertz CT molecular complexity index is 710. The average molecular weight is 294 g/mol. The number of carbonyl (C=O) groups is 1. The van der Waals surface area contributed by atoms with Crippen LogP contribution in [0.5, 0.6) is 0 Å². The van der Waals surface area contributed by atoms with Gasteiger partial charge in [0, 0.05) is 11.8 Å². The van der Waals surface area contributed by atoms with Crippen molar-refractivity contribution in [2.24, 2.45) is 0 Å². The first-order chi connectivity index (χ1) is 9.38. The molecule has 0 spiro atoms. The Kier molecular flexibility index (Phi) is 3.94. The normalized spacial score (nSPS) is 11.3. The van der Waals surface area contributed by atoms with Crippen molar-refractivity contribution in [3.05, 3.63) is 53.5 Å². The lowest BCUT2D eigenvalue weighted by molar-refractivity contribution is 0.0471. The quantitative estimate of drug-likeness (QED) is 0.809. The zero-order valence-electron chi connectivity index (χ0n) is 11.1. The Morgan fingerprint density at radius 1 is 1.20 bits per heavy atom. The monoisotopic (exact) mass is 294 g/mol. The molecule has 1 aromatic carbocycles. The highest BCUT2D eigenvalue weighted by molar-refractivity contribution is 7.90. The van der Waals surface area contributed by atoms with E-state index in [1.54, 1.807) is 13.0 Å². The third-order valence-electron chi connectivity index (χ3n) is 2.84. The van der Waals surface area contributed by atoms with Crippen LogP contribution in [0.15, 0.2) is 45.9 Å². The van der Waals surface area contributed by atoms with E-state index < -0.39 is 15.8 Å². The van der Waals surface area contributed by atoms with Gasteiger partial charge in [-0.25, -0.2) is 13.2 Å². The molecule has 0 aliphatic heterocycles. The highest BCUT2D eigenvalue weighted by Crippen LogP contribution is 2.14. The van der Waals surface area contributed by atoms with Gasteiger partial charge in [0.2, 0.25) is 0 Å². The standard InChI is InChI=1S/C14H14O5S/c1-10-12(7-8-18-10)9-19-14(15)11-3-5-13(6-4-11)20(2,16)17/h3-8H,9H2,1-2H3. The number of benzene rings is 1.